The number of rotatable bonds is 4. The molecule has 1 rings (SSSR count). The molecule has 0 aromatic heterocycles. The average molecular weight is 260 g/mol. The highest BCUT2D eigenvalue weighted by Crippen LogP contribution is 2.07. The number of hydrogen-bond acceptors (Lipinski definition) is 5. The van der Waals surface area contributed by atoms with E-state index in [0.717, 1.165) is 0 Å². The third-order valence-electron chi connectivity index (χ3n) is 1.71. The maximum atomic E-state index is 11.3. The number of oxime groups is 1. The number of ether oxygens (including phenoxy) is 1. The summed E-state index contributed by atoms with van der Waals surface area (Å²) in [5, 5.41) is 13.5. The van der Waals surface area contributed by atoms with E-state index in [2.05, 4.69) is 10.5 Å². The van der Waals surface area contributed by atoms with Gasteiger partial charge in [0.1, 0.15) is 5.75 Å². The molecule has 0 radical (unpaired) electrons. The van der Waals surface area contributed by atoms with E-state index in [0.29, 0.717) is 5.75 Å². The molecule has 0 aliphatic heterocycles. The molecule has 17 heavy (non-hydrogen) atoms. The van der Waals surface area contributed by atoms with Crippen molar-refractivity contribution in [3.8, 4) is 5.75 Å². The molecular formula is C10H14ClN3O3. The lowest BCUT2D eigenvalue weighted by atomic mass is 10.3. The molecule has 6 nitrogen and oxygen atoms in total. The van der Waals surface area contributed by atoms with Gasteiger partial charge in [-0.2, -0.15) is 0 Å². The lowest BCUT2D eigenvalue weighted by Crippen LogP contribution is -2.38. The maximum absolute atomic E-state index is 11.3. The standard InChI is InChI=1S/C10H13N3O3.ClH/c11-6-9(13-15)12-10(14)7-16-8-4-2-1-3-5-8;/h1-5,15H,6-7,11H2,(H,12,13,14);1H. The van der Waals surface area contributed by atoms with Crippen molar-refractivity contribution in [2.24, 2.45) is 10.9 Å². The Morgan fingerprint density at radius 1 is 1.41 bits per heavy atom. The van der Waals surface area contributed by atoms with Gasteiger partial charge in [0, 0.05) is 0 Å². The lowest BCUT2D eigenvalue weighted by molar-refractivity contribution is -0.121. The van der Waals surface area contributed by atoms with Crippen LogP contribution in [0.2, 0.25) is 0 Å². The highest BCUT2D eigenvalue weighted by molar-refractivity contribution is 5.99. The smallest absolute Gasteiger partial charge is 0.263 e. The largest absolute Gasteiger partial charge is 0.484 e. The molecule has 7 heteroatoms. The molecular weight excluding hydrogens is 246 g/mol. The zero-order chi connectivity index (χ0) is 11.8. The highest BCUT2D eigenvalue weighted by atomic mass is 35.5. The van der Waals surface area contributed by atoms with Crippen molar-refractivity contribution in [3.63, 3.8) is 0 Å². The predicted octanol–water partition coefficient (Wildman–Crippen LogP) is 0.350. The highest BCUT2D eigenvalue weighted by Gasteiger charge is 2.05. The summed E-state index contributed by atoms with van der Waals surface area (Å²) in [6.45, 7) is -0.212. The summed E-state index contributed by atoms with van der Waals surface area (Å²) in [5.74, 6) is 0.164. The van der Waals surface area contributed by atoms with Gasteiger partial charge in [-0.05, 0) is 12.1 Å². The van der Waals surface area contributed by atoms with Crippen LogP contribution in [0, 0.1) is 0 Å². The van der Waals surface area contributed by atoms with Crippen molar-refractivity contribution in [1.82, 2.24) is 5.32 Å². The van der Waals surface area contributed by atoms with Gasteiger partial charge in [0.15, 0.2) is 12.4 Å². The first-order valence-electron chi connectivity index (χ1n) is 4.65. The summed E-state index contributed by atoms with van der Waals surface area (Å²) in [7, 11) is 0. The SMILES string of the molecule is Cl.NC/C(=N\O)NC(=O)COc1ccccc1. The number of amides is 1. The molecule has 94 valence electrons. The van der Waals surface area contributed by atoms with E-state index in [1.54, 1.807) is 24.3 Å². The topological polar surface area (TPSA) is 96.9 Å². The first-order chi connectivity index (χ1) is 7.76. The van der Waals surface area contributed by atoms with Gasteiger partial charge in [-0.15, -0.1) is 12.4 Å². The molecule has 0 spiro atoms. The van der Waals surface area contributed by atoms with Crippen LogP contribution in [0.5, 0.6) is 5.75 Å². The molecule has 0 heterocycles. The van der Waals surface area contributed by atoms with Crippen molar-refractivity contribution >= 4 is 24.1 Å². The van der Waals surface area contributed by atoms with E-state index in [1.807, 2.05) is 6.07 Å². The summed E-state index contributed by atoms with van der Waals surface area (Å²) < 4.78 is 5.17. The Labute approximate surface area is 105 Å². The number of halogens is 1. The van der Waals surface area contributed by atoms with Gasteiger partial charge < -0.3 is 21.0 Å². The number of carbonyl (C=O) groups is 1. The minimum Gasteiger partial charge on any atom is -0.484 e. The molecule has 0 unspecified atom stereocenters. The number of nitrogens with one attached hydrogen (secondary N) is 1. The van der Waals surface area contributed by atoms with Gasteiger partial charge in [-0.3, -0.25) is 4.79 Å². The molecule has 1 aromatic rings. The summed E-state index contributed by atoms with van der Waals surface area (Å²) in [4.78, 5) is 11.3. The van der Waals surface area contributed by atoms with Crippen LogP contribution in [0.1, 0.15) is 0 Å². The number of nitrogens with two attached hydrogens (primary N) is 1. The van der Waals surface area contributed by atoms with Crippen molar-refractivity contribution in [2.75, 3.05) is 13.2 Å². The summed E-state index contributed by atoms with van der Waals surface area (Å²) in [5.41, 5.74) is 5.19. The normalized spacial score (nSPS) is 10.3. The molecule has 0 fully saturated rings. The van der Waals surface area contributed by atoms with Gasteiger partial charge in [0.2, 0.25) is 0 Å². The van der Waals surface area contributed by atoms with Crippen LogP contribution in [0.3, 0.4) is 0 Å². The van der Waals surface area contributed by atoms with Gasteiger partial charge in [0.05, 0.1) is 6.54 Å². The zero-order valence-corrected chi connectivity index (χ0v) is 9.81. The Balaban J connectivity index is 0.00000256. The van der Waals surface area contributed by atoms with Crippen LogP contribution in [-0.4, -0.2) is 30.1 Å². The van der Waals surface area contributed by atoms with Crippen molar-refractivity contribution in [3.05, 3.63) is 30.3 Å². The van der Waals surface area contributed by atoms with Crippen molar-refractivity contribution < 1.29 is 14.7 Å². The van der Waals surface area contributed by atoms with E-state index in [4.69, 9.17) is 15.7 Å². The number of hydrogen-bond donors (Lipinski definition) is 3. The molecule has 0 aliphatic carbocycles. The molecule has 0 saturated heterocycles. The number of para-hydroxylation sites is 1. The van der Waals surface area contributed by atoms with Crippen LogP contribution in [-0.2, 0) is 4.79 Å². The number of amidine groups is 1. The van der Waals surface area contributed by atoms with E-state index in [1.165, 1.54) is 0 Å². The monoisotopic (exact) mass is 259 g/mol. The van der Waals surface area contributed by atoms with Gasteiger partial charge in [0.25, 0.3) is 5.91 Å². The van der Waals surface area contributed by atoms with Crippen LogP contribution in [0.25, 0.3) is 0 Å². The van der Waals surface area contributed by atoms with Crippen LogP contribution < -0.4 is 15.8 Å². The fourth-order valence-corrected chi connectivity index (χ4v) is 0.979. The Bertz CT molecular complexity index is 370. The van der Waals surface area contributed by atoms with Crippen molar-refractivity contribution in [1.29, 1.82) is 0 Å². The number of nitrogens with zero attached hydrogens (tertiary/aromatic N) is 1. The third kappa shape index (κ3) is 5.74. The van der Waals surface area contributed by atoms with Gasteiger partial charge in [-0.1, -0.05) is 23.4 Å². The fourth-order valence-electron chi connectivity index (χ4n) is 0.979. The Hall–Kier alpha value is -1.79. The summed E-state index contributed by atoms with van der Waals surface area (Å²) in [6.07, 6.45) is 0. The molecule has 0 bridgehead atoms. The molecule has 4 N–H and O–H groups in total. The molecule has 1 amide bonds. The predicted molar refractivity (Wildman–Crippen MR) is 65.6 cm³/mol. The van der Waals surface area contributed by atoms with E-state index in [-0.39, 0.29) is 31.4 Å². The molecule has 1 aromatic carbocycles. The second-order valence-corrected chi connectivity index (χ2v) is 2.90. The minimum absolute atomic E-state index is 0. The Morgan fingerprint density at radius 3 is 2.59 bits per heavy atom. The maximum Gasteiger partial charge on any atom is 0.263 e. The molecule has 0 saturated carbocycles. The first kappa shape index (κ1) is 15.2. The minimum atomic E-state index is -0.429. The molecule has 0 atom stereocenters. The molecule has 0 aliphatic rings. The van der Waals surface area contributed by atoms with Crippen LogP contribution in [0.4, 0.5) is 0 Å². The number of benzene rings is 1. The van der Waals surface area contributed by atoms with E-state index in [9.17, 15) is 4.79 Å². The fraction of sp³-hybridized carbons (Fsp3) is 0.200. The zero-order valence-electron chi connectivity index (χ0n) is 9.00. The first-order valence-corrected chi connectivity index (χ1v) is 4.65. The van der Waals surface area contributed by atoms with Crippen LogP contribution >= 0.6 is 12.4 Å². The van der Waals surface area contributed by atoms with Crippen molar-refractivity contribution in [2.45, 2.75) is 0 Å². The van der Waals surface area contributed by atoms with E-state index >= 15 is 0 Å². The Kier molecular flexibility index (Phi) is 7.49. The third-order valence-corrected chi connectivity index (χ3v) is 1.71. The Morgan fingerprint density at radius 2 is 2.06 bits per heavy atom. The summed E-state index contributed by atoms with van der Waals surface area (Å²) >= 11 is 0. The van der Waals surface area contributed by atoms with Gasteiger partial charge in [-0.25, -0.2) is 0 Å². The quantitative estimate of drug-likeness (QED) is 0.315. The van der Waals surface area contributed by atoms with E-state index < -0.39 is 5.91 Å². The summed E-state index contributed by atoms with van der Waals surface area (Å²) in [6, 6.07) is 8.91. The lowest BCUT2D eigenvalue weighted by Gasteiger charge is -2.06. The second kappa shape index (κ2) is 8.37. The number of carbonyl (C=O) groups excluding carboxylic acids is 1. The van der Waals surface area contributed by atoms with Gasteiger partial charge >= 0.3 is 0 Å². The van der Waals surface area contributed by atoms with Crippen LogP contribution in [0.15, 0.2) is 35.5 Å². The second-order valence-electron chi connectivity index (χ2n) is 2.90. The average Bonchev–Trinajstić information content (AvgIpc) is 2.34.